The van der Waals surface area contributed by atoms with Crippen LogP contribution in [0.1, 0.15) is 126 Å². The summed E-state index contributed by atoms with van der Waals surface area (Å²) in [6.45, 7) is 1.99. The number of fused-ring (bicyclic) bond motifs is 5. The van der Waals surface area contributed by atoms with Crippen molar-refractivity contribution in [2.24, 2.45) is 23.7 Å². The van der Waals surface area contributed by atoms with E-state index in [9.17, 15) is 30.6 Å². The number of carbonyl (C=O) groups is 1. The number of ketones is 1. The van der Waals surface area contributed by atoms with Gasteiger partial charge in [-0.25, -0.2) is 0 Å². The van der Waals surface area contributed by atoms with Crippen LogP contribution in [0.5, 0.6) is 28.7 Å². The highest BCUT2D eigenvalue weighted by atomic mass is 33.1. The Balaban J connectivity index is 1.13. The maximum atomic E-state index is 17.5. The van der Waals surface area contributed by atoms with E-state index in [1.165, 1.54) is 0 Å². The highest BCUT2D eigenvalue weighted by Crippen LogP contribution is 2.58. The summed E-state index contributed by atoms with van der Waals surface area (Å²) in [5.41, 5.74) is 5.72. The molecule has 0 amide bonds. The Hall–Kier alpha value is -4.45. The molecule has 2 aliphatic heterocycles. The summed E-state index contributed by atoms with van der Waals surface area (Å²) in [6.07, 6.45) is 10.9. The van der Waals surface area contributed by atoms with Gasteiger partial charge in [-0.2, -0.15) is 0 Å². The summed E-state index contributed by atoms with van der Waals surface area (Å²) >= 11 is 0. The van der Waals surface area contributed by atoms with Gasteiger partial charge in [-0.3, -0.25) is 4.79 Å². The van der Waals surface area contributed by atoms with Crippen molar-refractivity contribution in [2.75, 3.05) is 38.0 Å². The number of benzene rings is 5. The fourth-order valence-corrected chi connectivity index (χ4v) is 20.4. The molecular formula is C64H76N2O9S4. The van der Waals surface area contributed by atoms with Crippen LogP contribution in [0.15, 0.2) is 97.3 Å². The standard InChI is InChI=1S/C64H76N2O9S4/c1-4-38-14-15-39-11-9-12-48-56(33-67)79-78-35-44-27-57(71)64(46-28-45(29-47(68)30-46)63(65-2)21-7-8-22-63,51-36-77-76-34-42-10-5-6-13-54(42)75-55-26-41(51)17-18-52(55)69)62(73)59(44)60(72)43(24-37-20-23-66-32-37)25-40-16-19-53(70)61(74-3)50(40)31-49(38)58(39)48/h9,11-12,14-20,23,26,28-30,32,42-44,51,54,56-57,59-60,65-72H,4-8,10,13,21-22,24-25,27,31,33-36H2,1-3H3/t42-,43-,44+,51+,54+,56+,57+,59-,60+,64-/m1/s1. The average Bonchev–Trinajstić information content (AvgIpc) is 4.21. The topological polar surface area (TPSA) is 185 Å². The number of aliphatic hydroxyl groups is 3. The summed E-state index contributed by atoms with van der Waals surface area (Å²) in [5, 5.41) is 79.7. The maximum Gasteiger partial charge on any atom is 0.164 e. The molecule has 0 saturated heterocycles. The smallest absolute Gasteiger partial charge is 0.164 e. The number of methoxy groups -OCH3 is 1. The molecule has 6 aromatic rings. The van der Waals surface area contributed by atoms with Crippen molar-refractivity contribution in [1.29, 1.82) is 0 Å². The first-order valence-corrected chi connectivity index (χ1v) is 33.4. The number of H-pyrrole nitrogens is 1. The largest absolute Gasteiger partial charge is 0.508 e. The van der Waals surface area contributed by atoms with Gasteiger partial charge in [0.1, 0.15) is 11.9 Å². The van der Waals surface area contributed by atoms with Gasteiger partial charge in [0.15, 0.2) is 28.8 Å². The van der Waals surface area contributed by atoms with Crippen LogP contribution in [0.2, 0.25) is 0 Å². The first-order valence-electron chi connectivity index (χ1n) is 28.5. The molecule has 3 aliphatic carbocycles. The second-order valence-corrected chi connectivity index (χ2v) is 28.2. The van der Waals surface area contributed by atoms with Gasteiger partial charge in [-0.1, -0.05) is 118 Å². The van der Waals surface area contributed by atoms with E-state index in [0.29, 0.717) is 47.8 Å². The average molecular weight is 1150 g/mol. The zero-order valence-corrected chi connectivity index (χ0v) is 48.8. The van der Waals surface area contributed by atoms with Crippen LogP contribution in [0, 0.1) is 23.7 Å². The predicted octanol–water partition coefficient (Wildman–Crippen LogP) is 12.2. The van der Waals surface area contributed by atoms with E-state index in [1.807, 2.05) is 49.8 Å². The molecule has 3 saturated carbocycles. The molecule has 3 heterocycles. The quantitative estimate of drug-likeness (QED) is 0.0640. The number of aliphatic hydroxyl groups excluding tert-OH is 3. The van der Waals surface area contributed by atoms with E-state index in [-0.39, 0.29) is 53.3 Å². The van der Waals surface area contributed by atoms with E-state index in [2.05, 4.69) is 47.6 Å². The van der Waals surface area contributed by atoms with Crippen molar-refractivity contribution in [2.45, 2.75) is 131 Å². The van der Waals surface area contributed by atoms with E-state index in [0.717, 1.165) is 119 Å². The molecule has 8 N–H and O–H groups in total. The molecule has 0 unspecified atom stereocenters. The van der Waals surface area contributed by atoms with Crippen LogP contribution >= 0.6 is 43.2 Å². The summed E-state index contributed by atoms with van der Waals surface area (Å²) in [4.78, 5) is 20.7. The number of phenols is 3. The van der Waals surface area contributed by atoms with Crippen LogP contribution in [0.25, 0.3) is 10.8 Å². The van der Waals surface area contributed by atoms with Gasteiger partial charge in [0.05, 0.1) is 36.6 Å². The van der Waals surface area contributed by atoms with Crippen LogP contribution in [-0.2, 0) is 41.4 Å². The number of carbonyl (C=O) groups excluding carboxylic acids is 1. The Morgan fingerprint density at radius 3 is 2.39 bits per heavy atom. The maximum absolute atomic E-state index is 17.5. The fraction of sp³-hybridized carbons (Fsp3) is 0.484. The molecule has 79 heavy (non-hydrogen) atoms. The number of aromatic amines is 1. The number of nitrogens with one attached hydrogen (secondary N) is 2. The van der Waals surface area contributed by atoms with Crippen molar-refractivity contribution in [3.63, 3.8) is 0 Å². The Bertz CT molecular complexity index is 3130. The zero-order valence-electron chi connectivity index (χ0n) is 45.5. The molecule has 0 spiro atoms. The lowest BCUT2D eigenvalue weighted by atomic mass is 9.52. The lowest BCUT2D eigenvalue weighted by Crippen LogP contribution is -2.62. The molecule has 11 rings (SSSR count). The van der Waals surface area contributed by atoms with E-state index >= 15 is 4.79 Å². The Morgan fingerprint density at radius 1 is 0.835 bits per heavy atom. The van der Waals surface area contributed by atoms with Crippen molar-refractivity contribution >= 4 is 59.7 Å². The zero-order chi connectivity index (χ0) is 55.0. The van der Waals surface area contributed by atoms with Gasteiger partial charge in [0.25, 0.3) is 0 Å². The van der Waals surface area contributed by atoms with Gasteiger partial charge in [0.2, 0.25) is 0 Å². The lowest BCUT2D eigenvalue weighted by Gasteiger charge is -2.52. The van der Waals surface area contributed by atoms with Crippen LogP contribution < -0.4 is 14.8 Å². The summed E-state index contributed by atoms with van der Waals surface area (Å²) in [5.74, 6) is -0.521. The predicted molar refractivity (Wildman–Crippen MR) is 322 cm³/mol. The number of hydrogen-bond acceptors (Lipinski definition) is 14. The second kappa shape index (κ2) is 24.2. The van der Waals surface area contributed by atoms with Gasteiger partial charge in [0, 0.05) is 64.9 Å². The highest BCUT2D eigenvalue weighted by Gasteiger charge is 2.62. The molecule has 11 nitrogen and oxygen atoms in total. The molecule has 5 aliphatic rings. The van der Waals surface area contributed by atoms with Gasteiger partial charge >= 0.3 is 0 Å². The minimum absolute atomic E-state index is 0.000898. The van der Waals surface area contributed by atoms with Gasteiger partial charge < -0.3 is 50.4 Å². The molecular weight excluding hydrogens is 1070 g/mol. The van der Waals surface area contributed by atoms with E-state index in [1.54, 1.807) is 74.6 Å². The molecule has 0 radical (unpaired) electrons. The number of rotatable bonds is 9. The van der Waals surface area contributed by atoms with Crippen molar-refractivity contribution < 1.29 is 44.9 Å². The minimum atomic E-state index is -1.72. The molecule has 3 fully saturated rings. The molecule has 15 heteroatoms. The Morgan fingerprint density at radius 2 is 1.62 bits per heavy atom. The first kappa shape index (κ1) is 56.4. The molecule has 2 bridgehead atoms. The number of ether oxygens (including phenoxy) is 2. The number of aromatic nitrogens is 1. The molecule has 1 aromatic heterocycles. The normalized spacial score (nSPS) is 28.5. The summed E-state index contributed by atoms with van der Waals surface area (Å²) < 4.78 is 12.9. The SMILES string of the molecule is CCc1ccc2cccc3c2c1Cc1c(ccc(O)c1OC)C[C@@H](Cc1cc[nH]c1)[C@H](O)[C@@H]1C(=O)[C@](c2cc(O)cc(C4(NC)CCCC4)c2)([C@H]2CSSC[C@H]4CCCC[C@@H]4Oc4cc2ccc4O)[C@@H](O)C[C@H]1CSS[C@H]3CO. The molecule has 420 valence electrons. The van der Waals surface area contributed by atoms with Crippen LogP contribution in [0.4, 0.5) is 0 Å². The number of Topliss-reactive ketones (excluding diaryl/α,β-unsaturated/α-hetero) is 1. The van der Waals surface area contributed by atoms with Crippen molar-refractivity contribution in [1.82, 2.24) is 10.3 Å². The van der Waals surface area contributed by atoms with Crippen molar-refractivity contribution in [3.05, 3.63) is 147 Å². The molecule has 5 aromatic carbocycles. The minimum Gasteiger partial charge on any atom is -0.508 e. The number of aryl methyl sites for hydroxylation is 1. The van der Waals surface area contributed by atoms with Gasteiger partial charge in [-0.05, 0) is 168 Å². The first-order chi connectivity index (χ1) is 38.4. The highest BCUT2D eigenvalue weighted by molar-refractivity contribution is 8.77. The number of aromatic hydroxyl groups is 3. The Labute approximate surface area is 480 Å². The number of phenolic OH excluding ortho intramolecular Hbond substituents is 3. The summed E-state index contributed by atoms with van der Waals surface area (Å²) in [6, 6.07) is 27.1. The summed E-state index contributed by atoms with van der Waals surface area (Å²) in [7, 11) is 10.1. The third kappa shape index (κ3) is 10.7. The van der Waals surface area contributed by atoms with Crippen molar-refractivity contribution in [3.8, 4) is 28.7 Å². The lowest BCUT2D eigenvalue weighted by molar-refractivity contribution is -0.150. The Kier molecular flexibility index (Phi) is 17.3. The number of hydrogen-bond donors (Lipinski definition) is 8. The monoisotopic (exact) mass is 1140 g/mol. The third-order valence-corrected chi connectivity index (χ3v) is 24.2. The second-order valence-electron chi connectivity index (χ2n) is 23.0. The van der Waals surface area contributed by atoms with E-state index in [4.69, 9.17) is 9.47 Å². The van der Waals surface area contributed by atoms with Crippen LogP contribution in [-0.4, -0.2) is 97.7 Å². The fourth-order valence-electron chi connectivity index (χ4n) is 14.7. The third-order valence-electron chi connectivity index (χ3n) is 18.8. The van der Waals surface area contributed by atoms with E-state index < -0.39 is 46.8 Å². The molecule has 10 atom stereocenters. The van der Waals surface area contributed by atoms with Gasteiger partial charge in [-0.15, -0.1) is 0 Å². The van der Waals surface area contributed by atoms with Crippen LogP contribution in [0.3, 0.4) is 0 Å².